The Morgan fingerprint density at radius 1 is 1.42 bits per heavy atom. The van der Waals surface area contributed by atoms with Gasteiger partial charge in [0, 0.05) is 6.42 Å². The first-order chi connectivity index (χ1) is 5.48. The van der Waals surface area contributed by atoms with Crippen molar-refractivity contribution in [2.75, 3.05) is 6.61 Å². The zero-order chi connectivity index (χ0) is 9.61. The summed E-state index contributed by atoms with van der Waals surface area (Å²) < 4.78 is 0. The Hall–Kier alpha value is -0.630. The molecule has 0 amide bonds. The molecule has 0 saturated carbocycles. The van der Waals surface area contributed by atoms with Gasteiger partial charge in [-0.1, -0.05) is 26.0 Å². The van der Waals surface area contributed by atoms with E-state index in [1.165, 1.54) is 0 Å². The van der Waals surface area contributed by atoms with Crippen LogP contribution in [0.5, 0.6) is 0 Å². The van der Waals surface area contributed by atoms with Crippen LogP contribution in [0.2, 0.25) is 0 Å². The van der Waals surface area contributed by atoms with Crippen LogP contribution in [-0.4, -0.2) is 17.5 Å². The van der Waals surface area contributed by atoms with Gasteiger partial charge in [0.15, 0.2) is 0 Å². The molecule has 2 nitrogen and oxygen atoms in total. The van der Waals surface area contributed by atoms with Gasteiger partial charge < -0.3 is 9.90 Å². The molecule has 0 aromatic heterocycles. The highest BCUT2D eigenvalue weighted by Gasteiger charge is 2.17. The lowest BCUT2D eigenvalue weighted by atomic mass is 9.84. The molecule has 0 radical (unpaired) electrons. The third-order valence-corrected chi connectivity index (χ3v) is 1.67. The normalized spacial score (nSPS) is 12.3. The molecule has 0 aromatic rings. The Balaban J connectivity index is 3.86. The van der Waals surface area contributed by atoms with Gasteiger partial charge in [-0.3, -0.25) is 0 Å². The first-order valence-corrected chi connectivity index (χ1v) is 4.23. The highest BCUT2D eigenvalue weighted by Crippen LogP contribution is 2.25. The fourth-order valence-electron chi connectivity index (χ4n) is 1.22. The minimum absolute atomic E-state index is 0.0253. The molecule has 0 aliphatic rings. The molecule has 0 unspecified atom stereocenters. The first kappa shape index (κ1) is 11.4. The highest BCUT2D eigenvalue weighted by atomic mass is 16.2. The van der Waals surface area contributed by atoms with Crippen LogP contribution in [0.15, 0.2) is 12.2 Å². The Morgan fingerprint density at radius 2 is 2.00 bits per heavy atom. The average Bonchev–Trinajstić information content (AvgIpc) is 1.84. The summed E-state index contributed by atoms with van der Waals surface area (Å²) in [6.45, 7) is 5.79. The van der Waals surface area contributed by atoms with Crippen molar-refractivity contribution in [1.82, 2.24) is 0 Å². The van der Waals surface area contributed by atoms with Gasteiger partial charge in [0.1, 0.15) is 5.78 Å². The monoisotopic (exact) mass is 170 g/mol. The van der Waals surface area contributed by atoms with E-state index >= 15 is 0 Å². The first-order valence-electron chi connectivity index (χ1n) is 4.23. The molecule has 0 aliphatic carbocycles. The topological polar surface area (TPSA) is 37.3 Å². The number of aliphatic hydroxyl groups is 1. The zero-order valence-electron chi connectivity index (χ0n) is 8.13. The largest absolute Gasteiger partial charge is 0.392 e. The van der Waals surface area contributed by atoms with Crippen molar-refractivity contribution in [1.29, 1.82) is 0 Å². The number of aliphatic hydroxyl groups excluding tert-OH is 1. The summed E-state index contributed by atoms with van der Waals surface area (Å²) in [5, 5.41) is 8.49. The van der Waals surface area contributed by atoms with Crippen molar-refractivity contribution in [3.05, 3.63) is 12.2 Å². The minimum atomic E-state index is 0.0253. The smallest absolute Gasteiger partial charge is 0.130 e. The Morgan fingerprint density at radius 3 is 2.42 bits per heavy atom. The lowest BCUT2D eigenvalue weighted by molar-refractivity contribution is -0.118. The number of hydrogen-bond donors (Lipinski definition) is 1. The van der Waals surface area contributed by atoms with E-state index in [2.05, 4.69) is 13.8 Å². The lowest BCUT2D eigenvalue weighted by Crippen LogP contribution is -2.14. The van der Waals surface area contributed by atoms with E-state index in [-0.39, 0.29) is 17.8 Å². The van der Waals surface area contributed by atoms with E-state index < -0.39 is 0 Å². The Bertz CT molecular complexity index is 169. The zero-order valence-corrected chi connectivity index (χ0v) is 8.13. The van der Waals surface area contributed by atoms with Crippen molar-refractivity contribution in [2.24, 2.45) is 5.41 Å². The van der Waals surface area contributed by atoms with Crippen LogP contribution in [0.1, 0.15) is 33.6 Å². The number of carbonyl (C=O) groups is 1. The highest BCUT2D eigenvalue weighted by molar-refractivity contribution is 5.76. The molecule has 0 spiro atoms. The van der Waals surface area contributed by atoms with E-state index in [4.69, 9.17) is 5.11 Å². The van der Waals surface area contributed by atoms with E-state index in [0.717, 1.165) is 6.42 Å². The summed E-state index contributed by atoms with van der Waals surface area (Å²) in [6, 6.07) is 0. The SMILES string of the molecule is CC(=O)CC(C)(C)C/C=C/CO. The lowest BCUT2D eigenvalue weighted by Gasteiger charge is -2.20. The summed E-state index contributed by atoms with van der Waals surface area (Å²) in [5.41, 5.74) is 0.0253. The van der Waals surface area contributed by atoms with E-state index in [1.807, 2.05) is 6.08 Å². The van der Waals surface area contributed by atoms with Crippen LogP contribution < -0.4 is 0 Å². The van der Waals surface area contributed by atoms with Gasteiger partial charge in [0.05, 0.1) is 6.61 Å². The Labute approximate surface area is 74.3 Å². The van der Waals surface area contributed by atoms with Crippen LogP contribution in [0.3, 0.4) is 0 Å². The minimum Gasteiger partial charge on any atom is -0.392 e. The maximum Gasteiger partial charge on any atom is 0.130 e. The third kappa shape index (κ3) is 6.10. The van der Waals surface area contributed by atoms with Crippen LogP contribution in [0, 0.1) is 5.41 Å². The molecule has 0 atom stereocenters. The Kier molecular flexibility index (Phi) is 4.83. The molecule has 70 valence electrons. The van der Waals surface area contributed by atoms with Gasteiger partial charge in [-0.2, -0.15) is 0 Å². The number of hydrogen-bond acceptors (Lipinski definition) is 2. The maximum absolute atomic E-state index is 10.8. The molecule has 0 aromatic carbocycles. The number of allylic oxidation sites excluding steroid dienone is 1. The van der Waals surface area contributed by atoms with Crippen molar-refractivity contribution < 1.29 is 9.90 Å². The predicted octanol–water partition coefficient (Wildman–Crippen LogP) is 1.93. The second kappa shape index (κ2) is 5.09. The van der Waals surface area contributed by atoms with Crippen LogP contribution >= 0.6 is 0 Å². The molecule has 1 N–H and O–H groups in total. The molecular weight excluding hydrogens is 152 g/mol. The molecule has 0 heterocycles. The van der Waals surface area contributed by atoms with Crippen molar-refractivity contribution in [3.63, 3.8) is 0 Å². The molecule has 12 heavy (non-hydrogen) atoms. The maximum atomic E-state index is 10.8. The van der Waals surface area contributed by atoms with Crippen molar-refractivity contribution in [2.45, 2.75) is 33.6 Å². The molecule has 0 fully saturated rings. The van der Waals surface area contributed by atoms with Gasteiger partial charge in [-0.05, 0) is 18.8 Å². The average molecular weight is 170 g/mol. The molecular formula is C10H18O2. The van der Waals surface area contributed by atoms with Gasteiger partial charge in [-0.15, -0.1) is 0 Å². The van der Waals surface area contributed by atoms with Gasteiger partial charge in [0.2, 0.25) is 0 Å². The molecule has 0 saturated heterocycles. The van der Waals surface area contributed by atoms with E-state index in [1.54, 1.807) is 13.0 Å². The van der Waals surface area contributed by atoms with Gasteiger partial charge in [0.25, 0.3) is 0 Å². The summed E-state index contributed by atoms with van der Waals surface area (Å²) in [4.78, 5) is 10.8. The molecule has 0 rings (SSSR count). The second-order valence-corrected chi connectivity index (χ2v) is 3.90. The molecule has 0 bridgehead atoms. The molecule has 2 heteroatoms. The van der Waals surface area contributed by atoms with E-state index in [0.29, 0.717) is 6.42 Å². The predicted molar refractivity (Wildman–Crippen MR) is 49.9 cm³/mol. The summed E-state index contributed by atoms with van der Waals surface area (Å²) in [5.74, 6) is 0.220. The second-order valence-electron chi connectivity index (χ2n) is 3.90. The standard InChI is InChI=1S/C10H18O2/c1-9(12)8-10(2,3)6-4-5-7-11/h4-5,11H,6-8H2,1-3H3/b5-4+. The number of Topliss-reactive ketones (excluding diaryl/α,β-unsaturated/α-hetero) is 1. The number of rotatable bonds is 5. The van der Waals surface area contributed by atoms with E-state index in [9.17, 15) is 4.79 Å². The quantitative estimate of drug-likeness (QED) is 0.640. The summed E-state index contributed by atoms with van der Waals surface area (Å²) >= 11 is 0. The summed E-state index contributed by atoms with van der Waals surface area (Å²) in [6.07, 6.45) is 5.07. The number of carbonyl (C=O) groups excluding carboxylic acids is 1. The fourth-order valence-corrected chi connectivity index (χ4v) is 1.22. The van der Waals surface area contributed by atoms with Crippen molar-refractivity contribution >= 4 is 5.78 Å². The van der Waals surface area contributed by atoms with Gasteiger partial charge >= 0.3 is 0 Å². The van der Waals surface area contributed by atoms with Crippen LogP contribution in [0.4, 0.5) is 0 Å². The fraction of sp³-hybridized carbons (Fsp3) is 0.700. The third-order valence-electron chi connectivity index (χ3n) is 1.67. The van der Waals surface area contributed by atoms with Crippen molar-refractivity contribution in [3.8, 4) is 0 Å². The van der Waals surface area contributed by atoms with Crippen LogP contribution in [-0.2, 0) is 4.79 Å². The van der Waals surface area contributed by atoms with Gasteiger partial charge in [-0.25, -0.2) is 0 Å². The van der Waals surface area contributed by atoms with Crippen LogP contribution in [0.25, 0.3) is 0 Å². The number of ketones is 1. The molecule has 0 aliphatic heterocycles. The summed E-state index contributed by atoms with van der Waals surface area (Å²) in [7, 11) is 0.